The van der Waals surface area contributed by atoms with Crippen LogP contribution in [0.1, 0.15) is 18.4 Å². The van der Waals surface area contributed by atoms with Crippen molar-refractivity contribution >= 4 is 38.4 Å². The van der Waals surface area contributed by atoms with Crippen LogP contribution in [0.2, 0.25) is 0 Å². The Morgan fingerprint density at radius 2 is 1.88 bits per heavy atom. The predicted octanol–water partition coefficient (Wildman–Crippen LogP) is 3.62. The Hall–Kier alpha value is -2.91. The minimum absolute atomic E-state index is 0.0279. The Labute approximate surface area is 194 Å². The van der Waals surface area contributed by atoms with Crippen LogP contribution in [0.3, 0.4) is 0 Å². The highest BCUT2D eigenvalue weighted by atomic mass is 79.9. The van der Waals surface area contributed by atoms with Gasteiger partial charge in [-0.05, 0) is 35.9 Å². The summed E-state index contributed by atoms with van der Waals surface area (Å²) in [6, 6.07) is 11.0. The van der Waals surface area contributed by atoms with Crippen LogP contribution in [0.25, 0.3) is 10.9 Å². The minimum atomic E-state index is -0.419. The highest BCUT2D eigenvalue weighted by molar-refractivity contribution is 9.10. The number of carbonyl (C=O) groups excluding carboxylic acids is 1. The average molecular weight is 502 g/mol. The number of quaternary nitrogens is 1. The number of hydrogen-bond acceptors (Lipinski definition) is 5. The predicted molar refractivity (Wildman–Crippen MR) is 124 cm³/mol. The zero-order valence-electron chi connectivity index (χ0n) is 18.1. The van der Waals surface area contributed by atoms with Crippen LogP contribution in [0.15, 0.2) is 51.1 Å². The molecule has 0 atom stereocenters. The van der Waals surface area contributed by atoms with Crippen LogP contribution in [-0.4, -0.2) is 42.9 Å². The van der Waals surface area contributed by atoms with E-state index in [2.05, 4.69) is 26.2 Å². The Kier molecular flexibility index (Phi) is 6.76. The van der Waals surface area contributed by atoms with E-state index in [1.165, 1.54) is 17.7 Å². The zero-order valence-corrected chi connectivity index (χ0v) is 19.7. The summed E-state index contributed by atoms with van der Waals surface area (Å²) < 4.78 is 13.2. The van der Waals surface area contributed by atoms with Crippen molar-refractivity contribution in [3.8, 4) is 17.4 Å². The molecule has 0 spiro atoms. The number of aromatic hydroxyl groups is 1. The second kappa shape index (κ2) is 9.70. The smallest absolute Gasteiger partial charge is 0.269 e. The molecule has 0 bridgehead atoms. The lowest BCUT2D eigenvalue weighted by molar-refractivity contribution is -0.910. The van der Waals surface area contributed by atoms with Crippen molar-refractivity contribution in [2.24, 2.45) is 10.2 Å². The SMILES string of the molecule is COc1ccc(CC(=O)N=Nc2c(O)n(C[NH+]3CCCC3)c3ccc(Br)cc23)cc1OC. The molecule has 2 aromatic carbocycles. The molecule has 8 nitrogen and oxygen atoms in total. The van der Waals surface area contributed by atoms with Crippen LogP contribution >= 0.6 is 15.9 Å². The van der Waals surface area contributed by atoms with Crippen molar-refractivity contribution in [3.63, 3.8) is 0 Å². The highest BCUT2D eigenvalue weighted by Crippen LogP contribution is 2.39. The number of hydrogen-bond donors (Lipinski definition) is 2. The van der Waals surface area contributed by atoms with E-state index in [1.807, 2.05) is 22.8 Å². The Morgan fingerprint density at radius 3 is 2.59 bits per heavy atom. The molecular formula is C23H26BrN4O4+. The average Bonchev–Trinajstić information content (AvgIpc) is 3.39. The molecule has 1 aliphatic rings. The van der Waals surface area contributed by atoms with E-state index >= 15 is 0 Å². The number of benzene rings is 2. The molecule has 32 heavy (non-hydrogen) atoms. The van der Waals surface area contributed by atoms with E-state index < -0.39 is 5.91 Å². The van der Waals surface area contributed by atoms with Gasteiger partial charge in [0.15, 0.2) is 23.9 Å². The number of likely N-dealkylation sites (tertiary alicyclic amines) is 1. The van der Waals surface area contributed by atoms with Crippen molar-refractivity contribution in [2.45, 2.75) is 25.9 Å². The van der Waals surface area contributed by atoms with E-state index in [-0.39, 0.29) is 12.3 Å². The van der Waals surface area contributed by atoms with Crippen molar-refractivity contribution in [3.05, 3.63) is 46.4 Å². The lowest BCUT2D eigenvalue weighted by Gasteiger charge is -2.14. The second-order valence-electron chi connectivity index (χ2n) is 7.84. The molecule has 0 aliphatic carbocycles. The van der Waals surface area contributed by atoms with Gasteiger partial charge in [0.2, 0.25) is 5.88 Å². The molecule has 1 saturated heterocycles. The third-order valence-electron chi connectivity index (χ3n) is 5.73. The summed E-state index contributed by atoms with van der Waals surface area (Å²) in [5, 5.41) is 19.7. The number of methoxy groups -OCH3 is 2. The number of ether oxygens (including phenoxy) is 2. The van der Waals surface area contributed by atoms with Gasteiger partial charge in [-0.1, -0.05) is 22.0 Å². The van der Waals surface area contributed by atoms with Gasteiger partial charge in [0, 0.05) is 22.7 Å². The van der Waals surface area contributed by atoms with E-state index in [0.717, 1.165) is 34.0 Å². The molecule has 1 fully saturated rings. The maximum atomic E-state index is 12.5. The Balaban J connectivity index is 1.59. The topological polar surface area (TPSA) is 89.9 Å². The second-order valence-corrected chi connectivity index (χ2v) is 8.75. The van der Waals surface area contributed by atoms with Crippen molar-refractivity contribution in [2.75, 3.05) is 27.3 Å². The van der Waals surface area contributed by atoms with E-state index in [0.29, 0.717) is 23.9 Å². The van der Waals surface area contributed by atoms with Crippen LogP contribution in [0.4, 0.5) is 5.69 Å². The van der Waals surface area contributed by atoms with Gasteiger partial charge in [-0.25, -0.2) is 0 Å². The number of rotatable bonds is 7. The number of azo groups is 1. The molecule has 2 heterocycles. The van der Waals surface area contributed by atoms with Crippen molar-refractivity contribution < 1.29 is 24.3 Å². The van der Waals surface area contributed by atoms with Gasteiger partial charge in [-0.2, -0.15) is 0 Å². The van der Waals surface area contributed by atoms with Gasteiger partial charge < -0.3 is 19.5 Å². The highest BCUT2D eigenvalue weighted by Gasteiger charge is 2.22. The largest absolute Gasteiger partial charge is 0.493 e. The normalized spacial score (nSPS) is 14.5. The van der Waals surface area contributed by atoms with Gasteiger partial charge in [0.1, 0.15) is 0 Å². The number of halogens is 1. The van der Waals surface area contributed by atoms with Gasteiger partial charge in [0.05, 0.1) is 39.2 Å². The first-order valence-corrected chi connectivity index (χ1v) is 11.3. The third kappa shape index (κ3) is 4.63. The number of nitrogens with zero attached hydrogens (tertiary/aromatic N) is 3. The first kappa shape index (κ1) is 22.3. The molecule has 168 valence electrons. The summed E-state index contributed by atoms with van der Waals surface area (Å²) >= 11 is 3.48. The standard InChI is InChI=1S/C23H25BrN4O4/c1-31-19-8-5-15(11-20(19)32-2)12-21(29)25-26-22-17-13-16(24)6-7-18(17)28(23(22)30)14-27-9-3-4-10-27/h5-8,11,13,30H,3-4,9-10,12,14H2,1-2H3/p+1. The number of aromatic nitrogens is 1. The Morgan fingerprint density at radius 1 is 1.12 bits per heavy atom. The maximum Gasteiger partial charge on any atom is 0.269 e. The summed E-state index contributed by atoms with van der Waals surface area (Å²) in [5.41, 5.74) is 1.91. The van der Waals surface area contributed by atoms with Crippen LogP contribution in [0, 0.1) is 0 Å². The summed E-state index contributed by atoms with van der Waals surface area (Å²) in [4.78, 5) is 13.9. The molecule has 4 rings (SSSR count). The van der Waals surface area contributed by atoms with E-state index in [4.69, 9.17) is 9.47 Å². The number of amides is 1. The van der Waals surface area contributed by atoms with Crippen LogP contribution in [0.5, 0.6) is 17.4 Å². The monoisotopic (exact) mass is 501 g/mol. The molecule has 1 amide bonds. The number of nitrogens with one attached hydrogen (secondary N) is 1. The first-order chi connectivity index (χ1) is 15.5. The minimum Gasteiger partial charge on any atom is -0.493 e. The molecule has 0 radical (unpaired) electrons. The van der Waals surface area contributed by atoms with E-state index in [1.54, 1.807) is 32.4 Å². The first-order valence-electron chi connectivity index (χ1n) is 10.5. The van der Waals surface area contributed by atoms with Crippen molar-refractivity contribution in [1.82, 2.24) is 4.57 Å². The number of carbonyl (C=O) groups is 1. The maximum absolute atomic E-state index is 12.5. The summed E-state index contributed by atoms with van der Waals surface area (Å²) in [5.74, 6) is 0.747. The molecular weight excluding hydrogens is 476 g/mol. The molecule has 0 unspecified atom stereocenters. The summed E-state index contributed by atoms with van der Waals surface area (Å²) in [6.07, 6.45) is 2.45. The fourth-order valence-corrected chi connectivity index (χ4v) is 4.48. The quantitative estimate of drug-likeness (QED) is 0.483. The molecule has 2 N–H and O–H groups in total. The lowest BCUT2D eigenvalue weighted by Crippen LogP contribution is -3.09. The fraction of sp³-hybridized carbons (Fsp3) is 0.348. The zero-order chi connectivity index (χ0) is 22.7. The molecule has 1 aliphatic heterocycles. The lowest BCUT2D eigenvalue weighted by atomic mass is 10.1. The summed E-state index contributed by atoms with van der Waals surface area (Å²) in [6.45, 7) is 2.81. The van der Waals surface area contributed by atoms with Gasteiger partial charge in [-0.3, -0.25) is 9.36 Å². The molecule has 9 heteroatoms. The van der Waals surface area contributed by atoms with Crippen molar-refractivity contribution in [1.29, 1.82) is 0 Å². The summed E-state index contributed by atoms with van der Waals surface area (Å²) in [7, 11) is 3.10. The Bertz CT molecular complexity index is 1170. The van der Waals surface area contributed by atoms with Gasteiger partial charge in [-0.15, -0.1) is 10.2 Å². The third-order valence-corrected chi connectivity index (χ3v) is 6.22. The molecule has 1 aromatic heterocycles. The molecule has 3 aromatic rings. The van der Waals surface area contributed by atoms with Gasteiger partial charge >= 0.3 is 0 Å². The number of fused-ring (bicyclic) bond motifs is 1. The fourth-order valence-electron chi connectivity index (χ4n) is 4.12. The van der Waals surface area contributed by atoms with Crippen LogP contribution < -0.4 is 14.4 Å². The molecule has 0 saturated carbocycles. The van der Waals surface area contributed by atoms with Crippen LogP contribution in [-0.2, 0) is 17.9 Å². The van der Waals surface area contributed by atoms with Gasteiger partial charge in [0.25, 0.3) is 5.91 Å². The van der Waals surface area contributed by atoms with E-state index in [9.17, 15) is 9.90 Å².